The topological polar surface area (TPSA) is 86.2 Å². The normalized spacial score (nSPS) is 10.7. The van der Waals surface area contributed by atoms with Crippen LogP contribution in [0.3, 0.4) is 0 Å². The van der Waals surface area contributed by atoms with E-state index >= 15 is 0 Å². The zero-order valence-electron chi connectivity index (χ0n) is 17.2. The number of benzene rings is 2. The average molecular weight is 453 g/mol. The summed E-state index contributed by atoms with van der Waals surface area (Å²) in [4.78, 5) is 17.2. The summed E-state index contributed by atoms with van der Waals surface area (Å²) in [5.41, 5.74) is 4.97. The zero-order valence-corrected chi connectivity index (χ0v) is 18.8. The molecule has 0 saturated carbocycles. The summed E-state index contributed by atoms with van der Waals surface area (Å²) >= 11 is 2.53. The van der Waals surface area contributed by atoms with Gasteiger partial charge in [0.1, 0.15) is 23.8 Å². The first-order chi connectivity index (χ1) is 15.0. The first-order valence-electron chi connectivity index (χ1n) is 9.46. The van der Waals surface area contributed by atoms with Gasteiger partial charge in [0.2, 0.25) is 0 Å². The third-order valence-electron chi connectivity index (χ3n) is 4.59. The Morgan fingerprint density at radius 1 is 1.10 bits per heavy atom. The molecule has 0 radical (unpaired) electrons. The highest BCUT2D eigenvalue weighted by Gasteiger charge is 2.13. The van der Waals surface area contributed by atoms with E-state index < -0.39 is 0 Å². The molecule has 31 heavy (non-hydrogen) atoms. The van der Waals surface area contributed by atoms with E-state index in [9.17, 15) is 4.79 Å². The summed E-state index contributed by atoms with van der Waals surface area (Å²) in [5, 5.41) is 5.28. The maximum atomic E-state index is 12.6. The number of nitrogens with zero attached hydrogens (tertiary/aromatic N) is 3. The Bertz CT molecular complexity index is 1200. The number of ether oxygens (including phenoxy) is 2. The van der Waals surface area contributed by atoms with Crippen LogP contribution in [0.25, 0.3) is 11.3 Å². The molecule has 0 fully saturated rings. The number of amides is 1. The Morgan fingerprint density at radius 2 is 1.90 bits per heavy atom. The lowest BCUT2D eigenvalue weighted by atomic mass is 10.1. The summed E-state index contributed by atoms with van der Waals surface area (Å²) in [6.07, 6.45) is 0. The third kappa shape index (κ3) is 4.89. The van der Waals surface area contributed by atoms with Crippen molar-refractivity contribution in [3.63, 3.8) is 0 Å². The molecular formula is C22H20N4O3S2. The van der Waals surface area contributed by atoms with Crippen molar-refractivity contribution in [3.05, 3.63) is 70.4 Å². The number of hydrogen-bond acceptors (Lipinski definition) is 8. The third-order valence-corrected chi connectivity index (χ3v) is 6.01. The van der Waals surface area contributed by atoms with Crippen molar-refractivity contribution < 1.29 is 14.3 Å². The second-order valence-corrected chi connectivity index (χ2v) is 8.19. The van der Waals surface area contributed by atoms with Crippen LogP contribution in [0.4, 0.5) is 5.13 Å². The molecule has 2 heterocycles. The van der Waals surface area contributed by atoms with Gasteiger partial charge in [-0.15, -0.1) is 11.3 Å². The molecule has 2 aromatic heterocycles. The van der Waals surface area contributed by atoms with E-state index in [4.69, 9.17) is 9.47 Å². The van der Waals surface area contributed by atoms with Crippen LogP contribution in [0.2, 0.25) is 0 Å². The van der Waals surface area contributed by atoms with Gasteiger partial charge in [-0.25, -0.2) is 4.98 Å². The van der Waals surface area contributed by atoms with Gasteiger partial charge in [-0.1, -0.05) is 11.6 Å². The minimum absolute atomic E-state index is 0.233. The molecule has 4 rings (SSSR count). The number of hydrogen-bond donors (Lipinski definition) is 1. The monoisotopic (exact) mass is 452 g/mol. The second kappa shape index (κ2) is 9.23. The molecule has 0 aliphatic heterocycles. The van der Waals surface area contributed by atoms with E-state index in [2.05, 4.69) is 19.0 Å². The van der Waals surface area contributed by atoms with E-state index in [1.807, 2.05) is 37.4 Å². The van der Waals surface area contributed by atoms with Crippen LogP contribution in [0.15, 0.2) is 47.8 Å². The minimum Gasteiger partial charge on any atom is -0.496 e. The Hall–Kier alpha value is -3.30. The van der Waals surface area contributed by atoms with Crippen LogP contribution in [0.1, 0.15) is 27.3 Å². The largest absolute Gasteiger partial charge is 0.496 e. The molecular weight excluding hydrogens is 432 g/mol. The van der Waals surface area contributed by atoms with Gasteiger partial charge in [-0.2, -0.15) is 8.75 Å². The fraction of sp³-hybridized carbons (Fsp3) is 0.182. The maximum Gasteiger partial charge on any atom is 0.257 e. The van der Waals surface area contributed by atoms with E-state index in [0.29, 0.717) is 23.1 Å². The second-order valence-electron chi connectivity index (χ2n) is 6.81. The lowest BCUT2D eigenvalue weighted by Gasteiger charge is -2.07. The highest BCUT2D eigenvalue weighted by Crippen LogP contribution is 2.33. The molecule has 0 aliphatic carbocycles. The van der Waals surface area contributed by atoms with Gasteiger partial charge in [0.25, 0.3) is 5.91 Å². The molecule has 9 heteroatoms. The predicted molar refractivity (Wildman–Crippen MR) is 122 cm³/mol. The Labute approximate surface area is 188 Å². The van der Waals surface area contributed by atoms with Gasteiger partial charge in [0.05, 0.1) is 30.2 Å². The van der Waals surface area contributed by atoms with Crippen molar-refractivity contribution in [2.45, 2.75) is 20.5 Å². The smallest absolute Gasteiger partial charge is 0.257 e. The van der Waals surface area contributed by atoms with Crippen LogP contribution in [-0.2, 0) is 6.61 Å². The van der Waals surface area contributed by atoms with E-state index in [-0.39, 0.29) is 5.91 Å². The van der Waals surface area contributed by atoms with Gasteiger partial charge in [-0.3, -0.25) is 10.1 Å². The molecule has 0 atom stereocenters. The van der Waals surface area contributed by atoms with Crippen molar-refractivity contribution in [1.82, 2.24) is 13.7 Å². The number of nitrogens with one attached hydrogen (secondary N) is 1. The number of carbonyl (C=O) groups is 1. The van der Waals surface area contributed by atoms with Crippen LogP contribution >= 0.6 is 23.1 Å². The molecule has 0 aliphatic rings. The van der Waals surface area contributed by atoms with Crippen molar-refractivity contribution in [2.75, 3.05) is 12.4 Å². The Morgan fingerprint density at radius 3 is 2.61 bits per heavy atom. The highest BCUT2D eigenvalue weighted by molar-refractivity contribution is 7.14. The van der Waals surface area contributed by atoms with Crippen molar-refractivity contribution in [3.8, 4) is 22.8 Å². The lowest BCUT2D eigenvalue weighted by Crippen LogP contribution is -2.11. The minimum atomic E-state index is -0.233. The SMILES string of the molecule is COc1ccc(C)cc1-c1csc(NC(=O)c2ccc(OCc3nsnc3C)cc2)n1. The number of rotatable bonds is 7. The number of thiazole rings is 1. The number of anilines is 1. The molecule has 0 saturated heterocycles. The predicted octanol–water partition coefficient (Wildman–Crippen LogP) is 5.12. The van der Waals surface area contributed by atoms with Gasteiger partial charge in [0, 0.05) is 16.5 Å². The van der Waals surface area contributed by atoms with Gasteiger partial charge in [0.15, 0.2) is 5.13 Å². The number of aryl methyl sites for hydroxylation is 2. The first kappa shape index (κ1) is 21.0. The van der Waals surface area contributed by atoms with Crippen molar-refractivity contribution in [2.24, 2.45) is 0 Å². The first-order valence-corrected chi connectivity index (χ1v) is 11.1. The summed E-state index contributed by atoms with van der Waals surface area (Å²) in [6, 6.07) is 12.9. The van der Waals surface area contributed by atoms with E-state index in [1.54, 1.807) is 31.4 Å². The average Bonchev–Trinajstić information content (AvgIpc) is 3.41. The van der Waals surface area contributed by atoms with Gasteiger partial charge >= 0.3 is 0 Å². The standard InChI is InChI=1S/C22H20N4O3S2/c1-13-4-9-20(28-3)17(10-13)19-12-30-22(23-19)24-21(27)15-5-7-16(8-6-15)29-11-18-14(2)25-31-26-18/h4-10,12H,11H2,1-3H3,(H,23,24,27). The molecule has 7 nitrogen and oxygen atoms in total. The Kier molecular flexibility index (Phi) is 6.24. The molecule has 1 N–H and O–H groups in total. The van der Waals surface area contributed by atoms with Gasteiger partial charge in [-0.05, 0) is 50.2 Å². The van der Waals surface area contributed by atoms with E-state index in [1.165, 1.54) is 23.1 Å². The molecule has 0 unspecified atom stereocenters. The molecule has 0 spiro atoms. The van der Waals surface area contributed by atoms with Gasteiger partial charge < -0.3 is 9.47 Å². The number of aromatic nitrogens is 3. The Balaban J connectivity index is 1.41. The van der Waals surface area contributed by atoms with Crippen LogP contribution in [0.5, 0.6) is 11.5 Å². The zero-order chi connectivity index (χ0) is 21.8. The molecule has 158 valence electrons. The van der Waals surface area contributed by atoms with Crippen LogP contribution < -0.4 is 14.8 Å². The summed E-state index contributed by atoms with van der Waals surface area (Å²) in [6.45, 7) is 4.26. The summed E-state index contributed by atoms with van der Waals surface area (Å²) in [7, 11) is 1.63. The highest BCUT2D eigenvalue weighted by atomic mass is 32.1. The summed E-state index contributed by atoms with van der Waals surface area (Å²) in [5.74, 6) is 1.17. The molecule has 0 bridgehead atoms. The quantitative estimate of drug-likeness (QED) is 0.419. The molecule has 2 aromatic carbocycles. The van der Waals surface area contributed by atoms with E-state index in [0.717, 1.165) is 34.0 Å². The maximum absolute atomic E-state index is 12.6. The summed E-state index contributed by atoms with van der Waals surface area (Å²) < 4.78 is 19.5. The van der Waals surface area contributed by atoms with Crippen LogP contribution in [0, 0.1) is 13.8 Å². The van der Waals surface area contributed by atoms with Crippen molar-refractivity contribution >= 4 is 34.1 Å². The number of methoxy groups -OCH3 is 1. The van der Waals surface area contributed by atoms with Crippen LogP contribution in [-0.4, -0.2) is 26.7 Å². The molecule has 4 aromatic rings. The van der Waals surface area contributed by atoms with Crippen molar-refractivity contribution in [1.29, 1.82) is 0 Å². The lowest BCUT2D eigenvalue weighted by molar-refractivity contribution is 0.102. The molecule has 1 amide bonds. The fourth-order valence-electron chi connectivity index (χ4n) is 2.88. The fourth-order valence-corrected chi connectivity index (χ4v) is 4.14. The number of carbonyl (C=O) groups excluding carboxylic acids is 1.